The van der Waals surface area contributed by atoms with Crippen molar-refractivity contribution in [2.75, 3.05) is 0 Å². The highest BCUT2D eigenvalue weighted by molar-refractivity contribution is 6.22. The lowest BCUT2D eigenvalue weighted by atomic mass is 10.5. The Labute approximate surface area is 72.3 Å². The summed E-state index contributed by atoms with van der Waals surface area (Å²) in [6.07, 6.45) is 2.52. The van der Waals surface area contributed by atoms with Crippen LogP contribution in [0.4, 0.5) is 0 Å². The molecule has 0 spiro atoms. The molecule has 0 aliphatic heterocycles. The summed E-state index contributed by atoms with van der Waals surface area (Å²) in [7, 11) is 0. The average Bonchev–Trinajstić information content (AvgIpc) is 2.46. The molecule has 3 heteroatoms. The lowest BCUT2D eigenvalue weighted by Crippen LogP contribution is -2.36. The van der Waals surface area contributed by atoms with Gasteiger partial charge in [-0.05, 0) is 26.7 Å². The van der Waals surface area contributed by atoms with Crippen LogP contribution in [0.1, 0.15) is 26.7 Å². The van der Waals surface area contributed by atoms with Crippen molar-refractivity contribution in [3.8, 4) is 0 Å². The third-order valence-electron chi connectivity index (χ3n) is 1.79. The zero-order valence-corrected chi connectivity index (χ0v) is 7.86. The Kier molecular flexibility index (Phi) is 2.84. The van der Waals surface area contributed by atoms with Crippen LogP contribution in [0.3, 0.4) is 0 Å². The van der Waals surface area contributed by atoms with Crippen LogP contribution in [0.2, 0.25) is 0 Å². The molecule has 0 aromatic rings. The van der Waals surface area contributed by atoms with Crippen molar-refractivity contribution in [2.45, 2.75) is 43.7 Å². The van der Waals surface area contributed by atoms with Gasteiger partial charge in [-0.15, -0.1) is 23.2 Å². The van der Waals surface area contributed by atoms with Crippen molar-refractivity contribution in [3.05, 3.63) is 0 Å². The molecule has 1 aliphatic rings. The third kappa shape index (κ3) is 2.01. The summed E-state index contributed by atoms with van der Waals surface area (Å²) in [6.45, 7) is 3.94. The summed E-state index contributed by atoms with van der Waals surface area (Å²) >= 11 is 11.8. The van der Waals surface area contributed by atoms with Crippen LogP contribution in [-0.4, -0.2) is 21.9 Å². The molecule has 0 bridgehead atoms. The van der Waals surface area contributed by atoms with Crippen molar-refractivity contribution in [3.63, 3.8) is 0 Å². The van der Waals surface area contributed by atoms with Crippen LogP contribution in [0.15, 0.2) is 0 Å². The quantitative estimate of drug-likeness (QED) is 0.479. The molecule has 0 radical (unpaired) electrons. The minimum absolute atomic E-state index is 0.0694. The second-order valence-corrected chi connectivity index (χ2v) is 4.09. The molecule has 2 unspecified atom stereocenters. The average molecular weight is 182 g/mol. The summed E-state index contributed by atoms with van der Waals surface area (Å²) < 4.78 is 0. The van der Waals surface area contributed by atoms with Crippen molar-refractivity contribution in [1.82, 2.24) is 4.90 Å². The second-order valence-electron chi connectivity index (χ2n) is 2.83. The lowest BCUT2D eigenvalue weighted by molar-refractivity contribution is 0.240. The van der Waals surface area contributed by atoms with Gasteiger partial charge in [0.15, 0.2) is 0 Å². The predicted molar refractivity (Wildman–Crippen MR) is 45.5 cm³/mol. The molecule has 0 saturated heterocycles. The SMILES string of the molecule is CC(Cl)N(C(C)Cl)C1CC1. The predicted octanol–water partition coefficient (Wildman–Crippen LogP) is 2.62. The van der Waals surface area contributed by atoms with Crippen molar-refractivity contribution >= 4 is 23.2 Å². The zero-order valence-electron chi connectivity index (χ0n) is 6.35. The largest absolute Gasteiger partial charge is 0.268 e. The molecule has 0 aromatic carbocycles. The Bertz CT molecular complexity index is 99.4. The van der Waals surface area contributed by atoms with E-state index in [-0.39, 0.29) is 11.0 Å². The Morgan fingerprint density at radius 1 is 1.20 bits per heavy atom. The second kappa shape index (κ2) is 3.29. The minimum atomic E-state index is 0.0694. The fraction of sp³-hybridized carbons (Fsp3) is 1.00. The molecule has 1 nitrogen and oxygen atoms in total. The van der Waals surface area contributed by atoms with Crippen LogP contribution in [0.5, 0.6) is 0 Å². The fourth-order valence-electron chi connectivity index (χ4n) is 1.24. The van der Waals surface area contributed by atoms with Gasteiger partial charge in [0.2, 0.25) is 0 Å². The number of hydrogen-bond acceptors (Lipinski definition) is 1. The van der Waals surface area contributed by atoms with Gasteiger partial charge in [-0.25, -0.2) is 0 Å². The van der Waals surface area contributed by atoms with Gasteiger partial charge in [0.1, 0.15) is 0 Å². The third-order valence-corrected chi connectivity index (χ3v) is 2.24. The van der Waals surface area contributed by atoms with E-state index >= 15 is 0 Å². The van der Waals surface area contributed by atoms with Crippen LogP contribution < -0.4 is 0 Å². The first-order valence-electron chi connectivity index (χ1n) is 3.68. The maximum absolute atomic E-state index is 5.92. The standard InChI is InChI=1S/C7H13Cl2N/c1-5(8)10(6(2)9)7-3-4-7/h5-7H,3-4H2,1-2H3. The van der Waals surface area contributed by atoms with Crippen LogP contribution >= 0.6 is 23.2 Å². The zero-order chi connectivity index (χ0) is 7.72. The molecule has 60 valence electrons. The van der Waals surface area contributed by atoms with Crippen molar-refractivity contribution in [1.29, 1.82) is 0 Å². The van der Waals surface area contributed by atoms with E-state index in [1.807, 2.05) is 13.8 Å². The van der Waals surface area contributed by atoms with E-state index in [0.29, 0.717) is 6.04 Å². The first-order chi connectivity index (χ1) is 4.63. The van der Waals surface area contributed by atoms with Gasteiger partial charge in [-0.1, -0.05) is 0 Å². The maximum atomic E-state index is 5.92. The Hall–Kier alpha value is 0.540. The van der Waals surface area contributed by atoms with E-state index < -0.39 is 0 Å². The molecule has 0 aromatic heterocycles. The topological polar surface area (TPSA) is 3.24 Å². The van der Waals surface area contributed by atoms with Crippen molar-refractivity contribution in [2.24, 2.45) is 0 Å². The molecule has 0 N–H and O–H groups in total. The summed E-state index contributed by atoms with van der Waals surface area (Å²) in [5.74, 6) is 0. The number of halogens is 2. The van der Waals surface area contributed by atoms with Gasteiger partial charge in [-0.2, -0.15) is 0 Å². The van der Waals surface area contributed by atoms with Crippen LogP contribution in [0, 0.1) is 0 Å². The number of hydrogen-bond donors (Lipinski definition) is 0. The molecular weight excluding hydrogens is 169 g/mol. The number of nitrogens with zero attached hydrogens (tertiary/aromatic N) is 1. The van der Waals surface area contributed by atoms with E-state index in [1.54, 1.807) is 0 Å². The Morgan fingerprint density at radius 3 is 1.70 bits per heavy atom. The smallest absolute Gasteiger partial charge is 0.0835 e. The maximum Gasteiger partial charge on any atom is 0.0835 e. The highest BCUT2D eigenvalue weighted by Gasteiger charge is 2.33. The number of alkyl halides is 2. The molecule has 0 heterocycles. The van der Waals surface area contributed by atoms with Crippen LogP contribution in [0.25, 0.3) is 0 Å². The molecule has 1 fully saturated rings. The highest BCUT2D eigenvalue weighted by atomic mass is 35.5. The minimum Gasteiger partial charge on any atom is -0.268 e. The molecule has 1 saturated carbocycles. The summed E-state index contributed by atoms with van der Waals surface area (Å²) in [5, 5.41) is 0. The summed E-state index contributed by atoms with van der Waals surface area (Å²) in [5.41, 5.74) is 0.139. The normalized spacial score (nSPS) is 24.9. The highest BCUT2D eigenvalue weighted by Crippen LogP contribution is 2.32. The first kappa shape index (κ1) is 8.63. The van der Waals surface area contributed by atoms with Crippen molar-refractivity contribution < 1.29 is 0 Å². The van der Waals surface area contributed by atoms with E-state index in [9.17, 15) is 0 Å². The molecule has 1 aliphatic carbocycles. The van der Waals surface area contributed by atoms with Crippen LogP contribution in [-0.2, 0) is 0 Å². The monoisotopic (exact) mass is 181 g/mol. The molecule has 2 atom stereocenters. The lowest BCUT2D eigenvalue weighted by Gasteiger charge is -2.26. The first-order valence-corrected chi connectivity index (χ1v) is 4.56. The van der Waals surface area contributed by atoms with Gasteiger partial charge in [0.25, 0.3) is 0 Å². The van der Waals surface area contributed by atoms with E-state index in [4.69, 9.17) is 23.2 Å². The number of rotatable bonds is 3. The van der Waals surface area contributed by atoms with Gasteiger partial charge < -0.3 is 0 Å². The van der Waals surface area contributed by atoms with Gasteiger partial charge in [0, 0.05) is 6.04 Å². The molecular formula is C7H13Cl2N. The summed E-state index contributed by atoms with van der Waals surface area (Å²) in [4.78, 5) is 2.14. The fourth-order valence-corrected chi connectivity index (χ4v) is 1.95. The Morgan fingerprint density at radius 2 is 1.60 bits per heavy atom. The summed E-state index contributed by atoms with van der Waals surface area (Å²) in [6, 6.07) is 0.653. The van der Waals surface area contributed by atoms with Gasteiger partial charge in [0.05, 0.1) is 11.0 Å². The Balaban J connectivity index is 2.41. The van der Waals surface area contributed by atoms with Gasteiger partial charge >= 0.3 is 0 Å². The van der Waals surface area contributed by atoms with E-state index in [2.05, 4.69) is 4.90 Å². The molecule has 0 amide bonds. The molecule has 1 rings (SSSR count). The van der Waals surface area contributed by atoms with E-state index in [0.717, 1.165) is 0 Å². The molecule has 10 heavy (non-hydrogen) atoms. The van der Waals surface area contributed by atoms with E-state index in [1.165, 1.54) is 12.8 Å². The van der Waals surface area contributed by atoms with Gasteiger partial charge in [-0.3, -0.25) is 4.90 Å².